The number of ether oxygens (including phenoxy) is 3. The maximum Gasteiger partial charge on any atom is 0.251 e. The Morgan fingerprint density at radius 3 is 2.70 bits per heavy atom. The van der Waals surface area contributed by atoms with Crippen molar-refractivity contribution >= 4 is 5.91 Å². The van der Waals surface area contributed by atoms with E-state index in [-0.39, 0.29) is 12.7 Å². The Balaban J connectivity index is 1.60. The van der Waals surface area contributed by atoms with Crippen LogP contribution in [0.3, 0.4) is 0 Å². The van der Waals surface area contributed by atoms with E-state index in [1.165, 1.54) is 0 Å². The number of fused-ring (bicyclic) bond motifs is 1. The smallest absolute Gasteiger partial charge is 0.251 e. The number of nitrogens with one attached hydrogen (secondary N) is 1. The predicted octanol–water partition coefficient (Wildman–Crippen LogP) is 1.50. The molecule has 2 aliphatic rings. The van der Waals surface area contributed by atoms with Gasteiger partial charge in [-0.1, -0.05) is 13.8 Å². The van der Waals surface area contributed by atoms with Gasteiger partial charge >= 0.3 is 0 Å². The van der Waals surface area contributed by atoms with E-state index in [4.69, 9.17) is 14.2 Å². The van der Waals surface area contributed by atoms with Crippen molar-refractivity contribution in [2.45, 2.75) is 19.9 Å². The summed E-state index contributed by atoms with van der Waals surface area (Å²) in [6.45, 7) is 8.58. The summed E-state index contributed by atoms with van der Waals surface area (Å²) >= 11 is 0. The van der Waals surface area contributed by atoms with E-state index in [1.54, 1.807) is 18.2 Å². The molecule has 23 heavy (non-hydrogen) atoms. The van der Waals surface area contributed by atoms with Crippen LogP contribution in [0.4, 0.5) is 0 Å². The normalized spacial score (nSPS) is 18.9. The van der Waals surface area contributed by atoms with Crippen LogP contribution in [0, 0.1) is 5.92 Å². The lowest BCUT2D eigenvalue weighted by atomic mass is 10.0. The Hall–Kier alpha value is -1.79. The number of carbonyl (C=O) groups excluding carboxylic acids is 1. The van der Waals surface area contributed by atoms with Crippen molar-refractivity contribution in [3.8, 4) is 11.5 Å². The molecule has 1 unspecified atom stereocenters. The van der Waals surface area contributed by atoms with Crippen molar-refractivity contribution in [3.05, 3.63) is 23.8 Å². The summed E-state index contributed by atoms with van der Waals surface area (Å²) in [6.07, 6.45) is 0. The summed E-state index contributed by atoms with van der Waals surface area (Å²) in [6, 6.07) is 5.59. The van der Waals surface area contributed by atoms with Crippen molar-refractivity contribution in [1.29, 1.82) is 0 Å². The first-order valence-electron chi connectivity index (χ1n) is 8.15. The van der Waals surface area contributed by atoms with Gasteiger partial charge in [0.05, 0.1) is 13.2 Å². The van der Waals surface area contributed by atoms with E-state index in [1.807, 2.05) is 0 Å². The van der Waals surface area contributed by atoms with Crippen molar-refractivity contribution in [2.75, 3.05) is 39.6 Å². The van der Waals surface area contributed by atoms with E-state index in [0.717, 1.165) is 26.3 Å². The minimum Gasteiger partial charge on any atom is -0.454 e. The number of morpholine rings is 1. The molecule has 0 aromatic heterocycles. The van der Waals surface area contributed by atoms with Crippen LogP contribution in [0.5, 0.6) is 11.5 Å². The van der Waals surface area contributed by atoms with E-state index >= 15 is 0 Å². The van der Waals surface area contributed by atoms with Gasteiger partial charge in [0.15, 0.2) is 11.5 Å². The summed E-state index contributed by atoms with van der Waals surface area (Å²) in [7, 11) is 0. The van der Waals surface area contributed by atoms with Gasteiger partial charge in [-0.2, -0.15) is 0 Å². The maximum atomic E-state index is 12.4. The number of hydrogen-bond acceptors (Lipinski definition) is 5. The highest BCUT2D eigenvalue weighted by molar-refractivity contribution is 5.94. The number of nitrogens with zero attached hydrogens (tertiary/aromatic N) is 1. The zero-order valence-corrected chi connectivity index (χ0v) is 13.7. The molecule has 1 saturated heterocycles. The lowest BCUT2D eigenvalue weighted by Crippen LogP contribution is -2.51. The predicted molar refractivity (Wildman–Crippen MR) is 85.9 cm³/mol. The second-order valence-corrected chi connectivity index (χ2v) is 6.24. The van der Waals surface area contributed by atoms with Gasteiger partial charge in [-0.15, -0.1) is 0 Å². The number of hydrogen-bond donors (Lipinski definition) is 1. The Morgan fingerprint density at radius 2 is 1.96 bits per heavy atom. The van der Waals surface area contributed by atoms with Crippen LogP contribution in [0.2, 0.25) is 0 Å². The molecule has 1 aromatic rings. The first-order chi connectivity index (χ1) is 11.1. The highest BCUT2D eigenvalue weighted by Crippen LogP contribution is 2.32. The summed E-state index contributed by atoms with van der Waals surface area (Å²) in [5, 5.41) is 3.05. The third kappa shape index (κ3) is 3.76. The third-order valence-corrected chi connectivity index (χ3v) is 4.39. The quantitative estimate of drug-likeness (QED) is 0.891. The van der Waals surface area contributed by atoms with E-state index in [2.05, 4.69) is 24.1 Å². The van der Waals surface area contributed by atoms with Crippen molar-refractivity contribution in [3.63, 3.8) is 0 Å². The van der Waals surface area contributed by atoms with Gasteiger partial charge < -0.3 is 19.5 Å². The van der Waals surface area contributed by atoms with Gasteiger partial charge in [-0.05, 0) is 24.1 Å². The topological polar surface area (TPSA) is 60.0 Å². The monoisotopic (exact) mass is 320 g/mol. The molecule has 3 rings (SSSR count). The number of amides is 1. The molecule has 0 saturated carbocycles. The van der Waals surface area contributed by atoms with Gasteiger partial charge in [-0.25, -0.2) is 0 Å². The van der Waals surface area contributed by atoms with Crippen LogP contribution in [-0.4, -0.2) is 56.5 Å². The van der Waals surface area contributed by atoms with Crippen LogP contribution in [0.25, 0.3) is 0 Å². The van der Waals surface area contributed by atoms with Crippen LogP contribution in [0.1, 0.15) is 24.2 Å². The molecule has 1 atom stereocenters. The zero-order valence-electron chi connectivity index (χ0n) is 13.7. The Morgan fingerprint density at radius 1 is 1.22 bits per heavy atom. The summed E-state index contributed by atoms with van der Waals surface area (Å²) in [5.74, 6) is 1.70. The summed E-state index contributed by atoms with van der Waals surface area (Å²) in [5.41, 5.74) is 0.596. The molecule has 6 heteroatoms. The molecule has 0 spiro atoms. The summed E-state index contributed by atoms with van der Waals surface area (Å²) in [4.78, 5) is 14.8. The van der Waals surface area contributed by atoms with Crippen LogP contribution >= 0.6 is 0 Å². The van der Waals surface area contributed by atoms with Gasteiger partial charge in [0.1, 0.15) is 0 Å². The first-order valence-corrected chi connectivity index (χ1v) is 8.15. The van der Waals surface area contributed by atoms with Crippen LogP contribution in [0.15, 0.2) is 18.2 Å². The fourth-order valence-electron chi connectivity index (χ4n) is 3.03. The maximum absolute atomic E-state index is 12.4. The van der Waals surface area contributed by atoms with Gasteiger partial charge in [0.25, 0.3) is 5.91 Å². The SMILES string of the molecule is CC(C)C(CNC(=O)c1ccc2c(c1)OCO2)N1CCOCC1. The molecule has 2 heterocycles. The molecule has 1 aromatic carbocycles. The molecule has 1 N–H and O–H groups in total. The minimum absolute atomic E-state index is 0.0813. The van der Waals surface area contributed by atoms with Crippen molar-refractivity contribution in [1.82, 2.24) is 10.2 Å². The largest absolute Gasteiger partial charge is 0.454 e. The van der Waals surface area contributed by atoms with Crippen molar-refractivity contribution in [2.24, 2.45) is 5.92 Å². The molecule has 1 fully saturated rings. The molecular weight excluding hydrogens is 296 g/mol. The highest BCUT2D eigenvalue weighted by Gasteiger charge is 2.24. The molecule has 2 aliphatic heterocycles. The Kier molecular flexibility index (Phi) is 5.03. The fraction of sp³-hybridized carbons (Fsp3) is 0.588. The van der Waals surface area contributed by atoms with Crippen LogP contribution in [-0.2, 0) is 4.74 Å². The molecule has 0 radical (unpaired) electrons. The average molecular weight is 320 g/mol. The molecular formula is C17H24N2O4. The van der Waals surface area contributed by atoms with E-state index in [9.17, 15) is 4.79 Å². The highest BCUT2D eigenvalue weighted by atomic mass is 16.7. The Bertz CT molecular complexity index is 556. The van der Waals surface area contributed by atoms with E-state index < -0.39 is 0 Å². The minimum atomic E-state index is -0.0813. The lowest BCUT2D eigenvalue weighted by molar-refractivity contribution is 0.00672. The fourth-order valence-corrected chi connectivity index (χ4v) is 3.03. The lowest BCUT2D eigenvalue weighted by Gasteiger charge is -2.36. The van der Waals surface area contributed by atoms with Gasteiger partial charge in [-0.3, -0.25) is 9.69 Å². The second-order valence-electron chi connectivity index (χ2n) is 6.24. The number of benzene rings is 1. The third-order valence-electron chi connectivity index (χ3n) is 4.39. The molecule has 6 nitrogen and oxygen atoms in total. The first kappa shape index (κ1) is 16.1. The standard InChI is InChI=1S/C17H24N2O4/c1-12(2)14(19-5-7-21-8-6-19)10-18-17(20)13-3-4-15-16(9-13)23-11-22-15/h3-4,9,12,14H,5-8,10-11H2,1-2H3,(H,18,20). The zero-order chi connectivity index (χ0) is 16.2. The van der Waals surface area contributed by atoms with E-state index in [0.29, 0.717) is 35.6 Å². The average Bonchev–Trinajstić information content (AvgIpc) is 3.03. The van der Waals surface area contributed by atoms with Crippen LogP contribution < -0.4 is 14.8 Å². The molecule has 126 valence electrons. The molecule has 0 bridgehead atoms. The summed E-state index contributed by atoms with van der Waals surface area (Å²) < 4.78 is 16.0. The number of rotatable bonds is 5. The van der Waals surface area contributed by atoms with Gasteiger partial charge in [0, 0.05) is 31.2 Å². The Labute approximate surface area is 136 Å². The number of carbonyl (C=O) groups is 1. The van der Waals surface area contributed by atoms with Crippen molar-refractivity contribution < 1.29 is 19.0 Å². The molecule has 0 aliphatic carbocycles. The van der Waals surface area contributed by atoms with Gasteiger partial charge in [0.2, 0.25) is 6.79 Å². The second kappa shape index (κ2) is 7.19. The molecule has 1 amide bonds.